The van der Waals surface area contributed by atoms with Crippen LogP contribution in [0.1, 0.15) is 27.7 Å². The Kier molecular flexibility index (Phi) is 2.41. The number of aliphatic hydroxyl groups is 1. The number of carbonyl (C=O) groups excluding carboxylic acids is 1. The zero-order chi connectivity index (χ0) is 10.3. The monoisotopic (exact) mass is 185 g/mol. The van der Waals surface area contributed by atoms with E-state index in [1.54, 1.807) is 0 Å². The summed E-state index contributed by atoms with van der Waals surface area (Å²) in [6.45, 7) is 8.67. The van der Waals surface area contributed by atoms with E-state index in [1.807, 2.05) is 6.92 Å². The van der Waals surface area contributed by atoms with Gasteiger partial charge < -0.3 is 10.4 Å². The van der Waals surface area contributed by atoms with Crippen molar-refractivity contribution in [1.82, 2.24) is 5.32 Å². The van der Waals surface area contributed by atoms with Crippen molar-refractivity contribution < 1.29 is 9.90 Å². The first-order valence-corrected chi connectivity index (χ1v) is 4.78. The summed E-state index contributed by atoms with van der Waals surface area (Å²) in [6.07, 6.45) is 0. The summed E-state index contributed by atoms with van der Waals surface area (Å²) >= 11 is 0. The van der Waals surface area contributed by atoms with Gasteiger partial charge in [0.25, 0.3) is 0 Å². The largest absolute Gasteiger partial charge is 0.395 e. The molecule has 1 amide bonds. The van der Waals surface area contributed by atoms with Crippen molar-refractivity contribution in [2.24, 2.45) is 16.7 Å². The third-order valence-electron chi connectivity index (χ3n) is 4.07. The molecule has 0 bridgehead atoms. The lowest BCUT2D eigenvalue weighted by molar-refractivity contribution is -0.127. The normalized spacial score (nSPS) is 35.6. The molecule has 13 heavy (non-hydrogen) atoms. The molecular formula is C10H19NO2. The third kappa shape index (κ3) is 1.26. The average Bonchev–Trinajstić information content (AvgIpc) is 2.47. The molecule has 3 nitrogen and oxygen atoms in total. The summed E-state index contributed by atoms with van der Waals surface area (Å²) in [5.74, 6) is 0.484. The van der Waals surface area contributed by atoms with Gasteiger partial charge in [0.1, 0.15) is 0 Å². The highest BCUT2D eigenvalue weighted by molar-refractivity contribution is 5.87. The lowest BCUT2D eigenvalue weighted by Gasteiger charge is -2.13. The molecule has 0 aliphatic heterocycles. The van der Waals surface area contributed by atoms with Gasteiger partial charge in [0.15, 0.2) is 0 Å². The summed E-state index contributed by atoms with van der Waals surface area (Å²) in [5.41, 5.74) is -0.158. The highest BCUT2D eigenvalue weighted by Crippen LogP contribution is 2.68. The van der Waals surface area contributed by atoms with Gasteiger partial charge in [0.2, 0.25) is 5.91 Å². The van der Waals surface area contributed by atoms with Crippen LogP contribution in [-0.2, 0) is 4.79 Å². The molecule has 2 unspecified atom stereocenters. The maximum absolute atomic E-state index is 11.7. The Morgan fingerprint density at radius 1 is 1.46 bits per heavy atom. The fourth-order valence-corrected chi connectivity index (χ4v) is 2.12. The maximum Gasteiger partial charge on any atom is 0.226 e. The lowest BCUT2D eigenvalue weighted by Crippen LogP contribution is -2.35. The summed E-state index contributed by atoms with van der Waals surface area (Å²) in [7, 11) is 0. The van der Waals surface area contributed by atoms with Gasteiger partial charge in [-0.2, -0.15) is 0 Å². The van der Waals surface area contributed by atoms with Crippen LogP contribution in [-0.4, -0.2) is 24.2 Å². The standard InChI is InChI=1S/C10H19NO2/c1-7-9(2,3)10(7,4)8(13)11-5-6-12/h7,12H,5-6H2,1-4H3,(H,11,13). The Hall–Kier alpha value is -0.570. The van der Waals surface area contributed by atoms with Crippen molar-refractivity contribution >= 4 is 5.91 Å². The first-order chi connectivity index (χ1) is 5.89. The van der Waals surface area contributed by atoms with Crippen LogP contribution >= 0.6 is 0 Å². The van der Waals surface area contributed by atoms with Crippen molar-refractivity contribution in [3.8, 4) is 0 Å². The Bertz CT molecular complexity index is 225. The second-order valence-corrected chi connectivity index (χ2v) is 4.63. The molecule has 0 saturated heterocycles. The van der Waals surface area contributed by atoms with Crippen molar-refractivity contribution in [3.63, 3.8) is 0 Å². The summed E-state index contributed by atoms with van der Waals surface area (Å²) in [6, 6.07) is 0. The number of amides is 1. The van der Waals surface area contributed by atoms with Crippen LogP contribution in [0.3, 0.4) is 0 Å². The van der Waals surface area contributed by atoms with Gasteiger partial charge in [0, 0.05) is 6.54 Å². The van der Waals surface area contributed by atoms with E-state index in [0.29, 0.717) is 12.5 Å². The van der Waals surface area contributed by atoms with Gasteiger partial charge in [-0.25, -0.2) is 0 Å². The molecule has 0 aromatic heterocycles. The molecule has 1 fully saturated rings. The fourth-order valence-electron chi connectivity index (χ4n) is 2.12. The van der Waals surface area contributed by atoms with E-state index in [9.17, 15) is 4.79 Å². The molecule has 2 N–H and O–H groups in total. The highest BCUT2D eigenvalue weighted by atomic mass is 16.3. The Balaban J connectivity index is 2.59. The number of aliphatic hydroxyl groups excluding tert-OH is 1. The predicted octanol–water partition coefficient (Wildman–Crippen LogP) is 0.777. The van der Waals surface area contributed by atoms with Gasteiger partial charge in [-0.3, -0.25) is 4.79 Å². The summed E-state index contributed by atoms with van der Waals surface area (Å²) in [4.78, 5) is 11.7. The number of nitrogens with one attached hydrogen (secondary N) is 1. The number of hydrogen-bond donors (Lipinski definition) is 2. The van der Waals surface area contributed by atoms with Crippen LogP contribution in [0.2, 0.25) is 0 Å². The molecule has 1 rings (SSSR count). The first-order valence-electron chi connectivity index (χ1n) is 4.78. The summed E-state index contributed by atoms with van der Waals surface area (Å²) < 4.78 is 0. The van der Waals surface area contributed by atoms with Crippen molar-refractivity contribution in [3.05, 3.63) is 0 Å². The molecule has 1 saturated carbocycles. The van der Waals surface area contributed by atoms with E-state index < -0.39 is 0 Å². The second kappa shape index (κ2) is 2.98. The van der Waals surface area contributed by atoms with Crippen LogP contribution < -0.4 is 5.32 Å². The van der Waals surface area contributed by atoms with Crippen molar-refractivity contribution in [2.45, 2.75) is 27.7 Å². The predicted molar refractivity (Wildman–Crippen MR) is 51.1 cm³/mol. The van der Waals surface area contributed by atoms with E-state index in [0.717, 1.165) is 0 Å². The Morgan fingerprint density at radius 2 is 1.92 bits per heavy atom. The second-order valence-electron chi connectivity index (χ2n) is 4.63. The minimum absolute atomic E-state index is 0.0105. The number of rotatable bonds is 3. The van der Waals surface area contributed by atoms with E-state index in [4.69, 9.17) is 5.11 Å². The van der Waals surface area contributed by atoms with Gasteiger partial charge in [-0.05, 0) is 18.3 Å². The molecule has 76 valence electrons. The smallest absolute Gasteiger partial charge is 0.226 e. The molecule has 1 aliphatic rings. The molecule has 0 radical (unpaired) electrons. The van der Waals surface area contributed by atoms with E-state index in [1.165, 1.54) is 0 Å². The minimum atomic E-state index is -0.248. The van der Waals surface area contributed by atoms with Gasteiger partial charge >= 0.3 is 0 Å². The van der Waals surface area contributed by atoms with E-state index in [2.05, 4.69) is 26.1 Å². The quantitative estimate of drug-likeness (QED) is 0.682. The van der Waals surface area contributed by atoms with Crippen LogP contribution in [0.15, 0.2) is 0 Å². The van der Waals surface area contributed by atoms with E-state index >= 15 is 0 Å². The average molecular weight is 185 g/mol. The third-order valence-corrected chi connectivity index (χ3v) is 4.07. The molecule has 3 heteroatoms. The van der Waals surface area contributed by atoms with Crippen LogP contribution in [0.5, 0.6) is 0 Å². The minimum Gasteiger partial charge on any atom is -0.395 e. The highest BCUT2D eigenvalue weighted by Gasteiger charge is 2.69. The Morgan fingerprint density at radius 3 is 2.23 bits per heavy atom. The summed E-state index contributed by atoms with van der Waals surface area (Å²) in [5, 5.41) is 11.3. The molecule has 0 spiro atoms. The zero-order valence-electron chi connectivity index (χ0n) is 8.85. The van der Waals surface area contributed by atoms with Crippen LogP contribution in [0, 0.1) is 16.7 Å². The van der Waals surface area contributed by atoms with Crippen molar-refractivity contribution in [2.75, 3.05) is 13.2 Å². The molecular weight excluding hydrogens is 166 g/mol. The van der Waals surface area contributed by atoms with Gasteiger partial charge in [0.05, 0.1) is 12.0 Å². The molecule has 1 aliphatic carbocycles. The SMILES string of the molecule is CC1C(C)(C)C1(C)C(=O)NCCO. The molecule has 0 aromatic rings. The van der Waals surface area contributed by atoms with Crippen molar-refractivity contribution in [1.29, 1.82) is 0 Å². The lowest BCUT2D eigenvalue weighted by atomic mass is 9.97. The Labute approximate surface area is 79.5 Å². The number of hydrogen-bond acceptors (Lipinski definition) is 2. The van der Waals surface area contributed by atoms with Crippen LogP contribution in [0.4, 0.5) is 0 Å². The van der Waals surface area contributed by atoms with Gasteiger partial charge in [-0.15, -0.1) is 0 Å². The van der Waals surface area contributed by atoms with Crippen LogP contribution in [0.25, 0.3) is 0 Å². The topological polar surface area (TPSA) is 49.3 Å². The first kappa shape index (κ1) is 10.5. The van der Waals surface area contributed by atoms with Gasteiger partial charge in [-0.1, -0.05) is 20.8 Å². The molecule has 0 heterocycles. The molecule has 0 aromatic carbocycles. The number of carbonyl (C=O) groups is 1. The fraction of sp³-hybridized carbons (Fsp3) is 0.900. The zero-order valence-corrected chi connectivity index (χ0v) is 8.85. The van der Waals surface area contributed by atoms with E-state index in [-0.39, 0.29) is 23.3 Å². The maximum atomic E-state index is 11.7. The molecule has 2 atom stereocenters.